The van der Waals surface area contributed by atoms with E-state index in [1.807, 2.05) is 12.1 Å². The number of rotatable bonds is 2. The minimum absolute atomic E-state index is 0.385. The van der Waals surface area contributed by atoms with Gasteiger partial charge in [-0.1, -0.05) is 18.5 Å². The monoisotopic (exact) mass is 289 g/mol. The molecule has 106 valence electrons. The van der Waals surface area contributed by atoms with Crippen molar-refractivity contribution >= 4 is 22.6 Å². The van der Waals surface area contributed by atoms with Crippen molar-refractivity contribution in [1.29, 1.82) is 0 Å². The number of benzene rings is 1. The molecule has 1 aromatic carbocycles. The molecule has 0 amide bonds. The van der Waals surface area contributed by atoms with E-state index in [9.17, 15) is 0 Å². The van der Waals surface area contributed by atoms with E-state index in [1.54, 1.807) is 0 Å². The predicted octanol–water partition coefficient (Wildman–Crippen LogP) is 4.09. The highest BCUT2D eigenvalue weighted by molar-refractivity contribution is 6.31. The van der Waals surface area contributed by atoms with Gasteiger partial charge < -0.3 is 9.88 Å². The van der Waals surface area contributed by atoms with Crippen LogP contribution in [0.5, 0.6) is 0 Å². The summed E-state index contributed by atoms with van der Waals surface area (Å²) < 4.78 is 2.46. The van der Waals surface area contributed by atoms with Gasteiger partial charge in [0.15, 0.2) is 0 Å². The largest absolute Gasteiger partial charge is 0.324 e. The molecule has 4 heteroatoms. The zero-order chi connectivity index (χ0) is 13.7. The highest BCUT2D eigenvalue weighted by Crippen LogP contribution is 2.42. The number of nitrogens with zero attached hydrogens (tertiary/aromatic N) is 2. The molecule has 1 aliphatic heterocycles. The van der Waals surface area contributed by atoms with Gasteiger partial charge in [-0.25, -0.2) is 4.98 Å². The Bertz CT molecular complexity index is 644. The van der Waals surface area contributed by atoms with Gasteiger partial charge in [0.05, 0.1) is 17.1 Å². The van der Waals surface area contributed by atoms with Crippen LogP contribution in [0.2, 0.25) is 5.02 Å². The maximum atomic E-state index is 6.13. The Morgan fingerprint density at radius 1 is 1.30 bits per heavy atom. The SMILES string of the molecule is CC1CCCNC1c1nc2cc(Cl)ccc2n1C1CC1. The standard InChI is InChI=1S/C16H20ClN3/c1-10-3-2-8-18-15(10)16-19-13-9-11(17)4-7-14(13)20(16)12-5-6-12/h4,7,9-10,12,15,18H,2-3,5-6,8H2,1H3. The Morgan fingerprint density at radius 3 is 2.90 bits per heavy atom. The molecule has 1 saturated carbocycles. The zero-order valence-electron chi connectivity index (χ0n) is 11.8. The number of nitrogens with one attached hydrogen (secondary N) is 1. The summed E-state index contributed by atoms with van der Waals surface area (Å²) in [7, 11) is 0. The number of imidazole rings is 1. The fourth-order valence-corrected chi connectivity index (χ4v) is 3.59. The van der Waals surface area contributed by atoms with Gasteiger partial charge in [0.25, 0.3) is 0 Å². The third kappa shape index (κ3) is 2.04. The molecule has 1 aromatic heterocycles. The highest BCUT2D eigenvalue weighted by Gasteiger charge is 2.33. The topological polar surface area (TPSA) is 29.9 Å². The van der Waals surface area contributed by atoms with Crippen LogP contribution in [0.1, 0.15) is 50.5 Å². The summed E-state index contributed by atoms with van der Waals surface area (Å²) in [5.41, 5.74) is 2.28. The number of hydrogen-bond acceptors (Lipinski definition) is 2. The van der Waals surface area contributed by atoms with Gasteiger partial charge in [0.1, 0.15) is 5.82 Å². The second-order valence-corrected chi connectivity index (χ2v) is 6.69. The van der Waals surface area contributed by atoms with E-state index >= 15 is 0 Å². The number of hydrogen-bond donors (Lipinski definition) is 1. The van der Waals surface area contributed by atoms with Crippen molar-refractivity contribution in [1.82, 2.24) is 14.9 Å². The first-order valence-electron chi connectivity index (χ1n) is 7.65. The van der Waals surface area contributed by atoms with Gasteiger partial charge in [-0.15, -0.1) is 0 Å². The molecule has 0 spiro atoms. The van der Waals surface area contributed by atoms with Gasteiger partial charge in [-0.3, -0.25) is 0 Å². The quantitative estimate of drug-likeness (QED) is 0.902. The van der Waals surface area contributed by atoms with E-state index < -0.39 is 0 Å². The first-order chi connectivity index (χ1) is 9.74. The van der Waals surface area contributed by atoms with Crippen molar-refractivity contribution in [2.75, 3.05) is 6.54 Å². The lowest BCUT2D eigenvalue weighted by atomic mass is 9.92. The molecule has 20 heavy (non-hydrogen) atoms. The Morgan fingerprint density at radius 2 is 2.15 bits per heavy atom. The van der Waals surface area contributed by atoms with Crippen LogP contribution in [0, 0.1) is 5.92 Å². The van der Waals surface area contributed by atoms with Gasteiger partial charge in [-0.05, 0) is 56.3 Å². The van der Waals surface area contributed by atoms with Gasteiger partial charge in [0, 0.05) is 11.1 Å². The van der Waals surface area contributed by atoms with Gasteiger partial charge in [0.2, 0.25) is 0 Å². The lowest BCUT2D eigenvalue weighted by Gasteiger charge is -2.30. The summed E-state index contributed by atoms with van der Waals surface area (Å²) in [4.78, 5) is 4.92. The summed E-state index contributed by atoms with van der Waals surface area (Å²) in [6.07, 6.45) is 5.11. The summed E-state index contributed by atoms with van der Waals surface area (Å²) in [5.74, 6) is 1.87. The molecular weight excluding hydrogens is 270 g/mol. The molecular formula is C16H20ClN3. The molecule has 1 saturated heterocycles. The van der Waals surface area contributed by atoms with Crippen LogP contribution in [0.25, 0.3) is 11.0 Å². The van der Waals surface area contributed by atoms with Crippen molar-refractivity contribution in [3.8, 4) is 0 Å². The van der Waals surface area contributed by atoms with Crippen LogP contribution >= 0.6 is 11.6 Å². The van der Waals surface area contributed by atoms with Crippen molar-refractivity contribution in [3.63, 3.8) is 0 Å². The van der Waals surface area contributed by atoms with E-state index in [1.165, 1.54) is 37.0 Å². The molecule has 2 aliphatic rings. The number of fused-ring (bicyclic) bond motifs is 1. The van der Waals surface area contributed by atoms with Crippen molar-refractivity contribution < 1.29 is 0 Å². The van der Waals surface area contributed by atoms with Crippen molar-refractivity contribution in [3.05, 3.63) is 29.0 Å². The summed E-state index contributed by atoms with van der Waals surface area (Å²) >= 11 is 6.13. The Balaban J connectivity index is 1.86. The summed E-state index contributed by atoms with van der Waals surface area (Å²) in [6.45, 7) is 3.43. The fourth-order valence-electron chi connectivity index (χ4n) is 3.42. The minimum Gasteiger partial charge on any atom is -0.324 e. The second-order valence-electron chi connectivity index (χ2n) is 6.26. The molecule has 2 aromatic rings. The first kappa shape index (κ1) is 12.7. The Labute approximate surface area is 124 Å². The molecule has 2 fully saturated rings. The minimum atomic E-state index is 0.385. The lowest BCUT2D eigenvalue weighted by Crippen LogP contribution is -2.34. The first-order valence-corrected chi connectivity index (χ1v) is 8.02. The molecule has 0 radical (unpaired) electrons. The molecule has 3 nitrogen and oxygen atoms in total. The molecule has 2 heterocycles. The van der Waals surface area contributed by atoms with Crippen molar-refractivity contribution in [2.24, 2.45) is 5.92 Å². The van der Waals surface area contributed by atoms with Crippen LogP contribution < -0.4 is 5.32 Å². The third-order valence-corrected chi connectivity index (χ3v) is 4.87. The van der Waals surface area contributed by atoms with E-state index in [-0.39, 0.29) is 0 Å². The molecule has 1 aliphatic carbocycles. The van der Waals surface area contributed by atoms with Crippen LogP contribution in [0.15, 0.2) is 18.2 Å². The van der Waals surface area contributed by atoms with E-state index in [0.29, 0.717) is 18.0 Å². The Hall–Kier alpha value is -1.06. The molecule has 2 atom stereocenters. The van der Waals surface area contributed by atoms with Crippen molar-refractivity contribution in [2.45, 2.75) is 44.7 Å². The van der Waals surface area contributed by atoms with E-state index in [2.05, 4.69) is 22.9 Å². The van der Waals surface area contributed by atoms with Crippen LogP contribution in [-0.4, -0.2) is 16.1 Å². The van der Waals surface area contributed by atoms with Gasteiger partial charge >= 0.3 is 0 Å². The summed E-state index contributed by atoms with van der Waals surface area (Å²) in [5, 5.41) is 4.44. The van der Waals surface area contributed by atoms with Crippen LogP contribution in [0.4, 0.5) is 0 Å². The van der Waals surface area contributed by atoms with Gasteiger partial charge in [-0.2, -0.15) is 0 Å². The number of aromatic nitrogens is 2. The lowest BCUT2D eigenvalue weighted by molar-refractivity contribution is 0.289. The normalized spacial score (nSPS) is 27.1. The molecule has 4 rings (SSSR count). The molecule has 1 N–H and O–H groups in total. The maximum Gasteiger partial charge on any atom is 0.127 e. The third-order valence-electron chi connectivity index (χ3n) is 4.64. The van der Waals surface area contributed by atoms with Crippen LogP contribution in [0.3, 0.4) is 0 Å². The van der Waals surface area contributed by atoms with E-state index in [4.69, 9.17) is 16.6 Å². The molecule has 0 bridgehead atoms. The molecule has 2 unspecified atom stereocenters. The second kappa shape index (κ2) is 4.74. The summed E-state index contributed by atoms with van der Waals surface area (Å²) in [6, 6.07) is 7.13. The average Bonchev–Trinajstić information content (AvgIpc) is 3.20. The Kier molecular flexibility index (Phi) is 3.00. The predicted molar refractivity (Wildman–Crippen MR) is 82.2 cm³/mol. The number of piperidine rings is 1. The highest BCUT2D eigenvalue weighted by atomic mass is 35.5. The average molecular weight is 290 g/mol. The zero-order valence-corrected chi connectivity index (χ0v) is 12.5. The van der Waals surface area contributed by atoms with Crippen LogP contribution in [-0.2, 0) is 0 Å². The maximum absolute atomic E-state index is 6.13. The number of halogens is 1. The fraction of sp³-hybridized carbons (Fsp3) is 0.562. The van der Waals surface area contributed by atoms with E-state index in [0.717, 1.165) is 17.1 Å². The smallest absolute Gasteiger partial charge is 0.127 e.